The highest BCUT2D eigenvalue weighted by atomic mass is 16.7. The van der Waals surface area contributed by atoms with Gasteiger partial charge in [-0.2, -0.15) is 0 Å². The van der Waals surface area contributed by atoms with Gasteiger partial charge in [-0.05, 0) is 92.3 Å². The summed E-state index contributed by atoms with van der Waals surface area (Å²) in [6.45, 7) is 10.8. The van der Waals surface area contributed by atoms with E-state index in [-0.39, 0.29) is 42.9 Å². The van der Waals surface area contributed by atoms with Crippen LogP contribution in [0.15, 0.2) is 85.5 Å². The van der Waals surface area contributed by atoms with Crippen LogP contribution in [0, 0.1) is 5.92 Å². The Bertz CT molecular complexity index is 1670. The smallest absolute Gasteiger partial charge is 0.407 e. The minimum Gasteiger partial charge on any atom is -0.445 e. The second-order valence-corrected chi connectivity index (χ2v) is 15.6. The highest BCUT2D eigenvalue weighted by Crippen LogP contribution is 2.42. The van der Waals surface area contributed by atoms with Crippen LogP contribution in [0.3, 0.4) is 0 Å². The average Bonchev–Trinajstić information content (AvgIpc) is 3.15. The van der Waals surface area contributed by atoms with Crippen LogP contribution in [0.5, 0.6) is 0 Å². The quantitative estimate of drug-likeness (QED) is 0.175. The molecule has 3 aliphatic rings. The number of aliphatic hydroxyl groups excluding tert-OH is 1. The molecule has 9 nitrogen and oxygen atoms in total. The molecular weight excluding hydrogens is 654 g/mol. The normalized spacial score (nSPS) is 25.1. The molecule has 2 saturated heterocycles. The van der Waals surface area contributed by atoms with E-state index < -0.39 is 12.4 Å². The predicted octanol–water partition coefficient (Wildman–Crippen LogP) is 7.74. The van der Waals surface area contributed by atoms with Gasteiger partial charge in [0.1, 0.15) is 6.61 Å². The van der Waals surface area contributed by atoms with E-state index in [0.717, 1.165) is 52.6 Å². The molecule has 0 radical (unpaired) electrons. The lowest BCUT2D eigenvalue weighted by atomic mass is 9.75. The van der Waals surface area contributed by atoms with Crippen molar-refractivity contribution in [1.82, 2.24) is 15.5 Å². The zero-order valence-corrected chi connectivity index (χ0v) is 30.9. The van der Waals surface area contributed by atoms with Gasteiger partial charge in [-0.1, -0.05) is 86.2 Å². The molecule has 6 atom stereocenters. The maximum Gasteiger partial charge on any atom is 0.407 e. The van der Waals surface area contributed by atoms with Crippen LogP contribution < -0.4 is 10.6 Å². The van der Waals surface area contributed by atoms with Gasteiger partial charge in [0.2, 0.25) is 5.91 Å². The standard InChI is InChI=1S/C43H55N3O6/c1-5-22-50-42(49)44-26-30-10-8-12-33(23-30)34-13-9-14-35(24-34)41-51-36(25-39(52-41)32-18-16-29(28-47)17-19-32)27-46-37-15-7-6-11-31(37)20-21-38(46)40(48)45-43(2,3)4/h5,8-10,12-14,16-19,23-24,31,36-39,41,47H,1,6-7,11,15,20-22,25-28H2,2-4H3,(H,44,49)(H,45,48)/t31-,36+,37-,38-,39-,41-/m1/s1. The fraction of sp³-hybridized carbons (Fsp3) is 0.488. The van der Waals surface area contributed by atoms with E-state index in [0.29, 0.717) is 31.5 Å². The summed E-state index contributed by atoms with van der Waals surface area (Å²) in [5, 5.41) is 15.8. The topological polar surface area (TPSA) is 109 Å². The zero-order chi connectivity index (χ0) is 36.7. The maximum absolute atomic E-state index is 13.8. The van der Waals surface area contributed by atoms with E-state index in [2.05, 4.69) is 46.4 Å². The Morgan fingerprint density at radius 1 is 0.923 bits per heavy atom. The molecule has 9 heteroatoms. The summed E-state index contributed by atoms with van der Waals surface area (Å²) in [5.41, 5.74) is 5.45. The number of aliphatic hydroxyl groups is 1. The minimum atomic E-state index is -0.625. The number of nitrogens with zero attached hydrogens (tertiary/aromatic N) is 1. The van der Waals surface area contributed by atoms with Crippen molar-refractivity contribution in [3.63, 3.8) is 0 Å². The van der Waals surface area contributed by atoms with Gasteiger partial charge in [0.25, 0.3) is 0 Å². The van der Waals surface area contributed by atoms with Crippen LogP contribution in [-0.2, 0) is 32.2 Å². The lowest BCUT2D eigenvalue weighted by molar-refractivity contribution is -0.255. The summed E-state index contributed by atoms with van der Waals surface area (Å²) in [5.74, 6) is 0.709. The first-order valence-electron chi connectivity index (χ1n) is 18.9. The molecular formula is C43H55N3O6. The van der Waals surface area contributed by atoms with Gasteiger partial charge in [-0.25, -0.2) is 4.79 Å². The van der Waals surface area contributed by atoms with Crippen molar-refractivity contribution in [2.75, 3.05) is 13.2 Å². The average molecular weight is 710 g/mol. The van der Waals surface area contributed by atoms with Gasteiger partial charge in [0, 0.05) is 36.7 Å². The molecule has 0 unspecified atom stereocenters. The summed E-state index contributed by atoms with van der Waals surface area (Å²) in [4.78, 5) is 28.3. The third-order valence-corrected chi connectivity index (χ3v) is 10.5. The number of benzene rings is 3. The van der Waals surface area contributed by atoms with Gasteiger partial charge < -0.3 is 30.0 Å². The van der Waals surface area contributed by atoms with Gasteiger partial charge in [-0.3, -0.25) is 9.69 Å². The predicted molar refractivity (Wildman–Crippen MR) is 202 cm³/mol. The third-order valence-electron chi connectivity index (χ3n) is 10.5. The fourth-order valence-electron chi connectivity index (χ4n) is 8.08. The molecule has 3 aromatic rings. The van der Waals surface area contributed by atoms with Crippen molar-refractivity contribution >= 4 is 12.0 Å². The second kappa shape index (κ2) is 17.2. The van der Waals surface area contributed by atoms with Crippen molar-refractivity contribution in [2.24, 2.45) is 5.92 Å². The summed E-state index contributed by atoms with van der Waals surface area (Å²) >= 11 is 0. The number of hydrogen-bond donors (Lipinski definition) is 3. The maximum atomic E-state index is 13.8. The number of ether oxygens (including phenoxy) is 3. The van der Waals surface area contributed by atoms with Crippen molar-refractivity contribution < 1.29 is 28.9 Å². The first-order chi connectivity index (χ1) is 25.1. The van der Waals surface area contributed by atoms with Crippen LogP contribution in [0.2, 0.25) is 0 Å². The largest absolute Gasteiger partial charge is 0.445 e. The lowest BCUT2D eigenvalue weighted by Crippen LogP contribution is -2.61. The zero-order valence-electron chi connectivity index (χ0n) is 30.9. The van der Waals surface area contributed by atoms with E-state index in [1.165, 1.54) is 25.3 Å². The number of hydrogen-bond acceptors (Lipinski definition) is 7. The molecule has 0 spiro atoms. The van der Waals surface area contributed by atoms with Crippen molar-refractivity contribution in [3.8, 4) is 11.1 Å². The van der Waals surface area contributed by atoms with Gasteiger partial charge in [0.15, 0.2) is 6.29 Å². The summed E-state index contributed by atoms with van der Waals surface area (Å²) in [6.07, 6.45) is 7.38. The highest BCUT2D eigenvalue weighted by Gasteiger charge is 2.44. The van der Waals surface area contributed by atoms with E-state index >= 15 is 0 Å². The SMILES string of the molecule is C=CCOC(=O)NCc1cccc(-c2cccc([C@@H]3O[C@H](CN4[C@@H](C(=O)NC(C)(C)C)CC[C@H]5CCCC[C@H]54)C[C@H](c4ccc(CO)cc4)O3)c2)c1. The fourth-order valence-corrected chi connectivity index (χ4v) is 8.08. The Labute approximate surface area is 308 Å². The summed E-state index contributed by atoms with van der Waals surface area (Å²) < 4.78 is 18.7. The van der Waals surface area contributed by atoms with Crippen LogP contribution >= 0.6 is 0 Å². The molecule has 52 heavy (non-hydrogen) atoms. The molecule has 1 saturated carbocycles. The number of alkyl carbamates (subject to hydrolysis) is 1. The first-order valence-corrected chi connectivity index (χ1v) is 18.9. The molecule has 1 aliphatic carbocycles. The molecule has 0 bridgehead atoms. The van der Waals surface area contributed by atoms with E-state index in [4.69, 9.17) is 14.2 Å². The Morgan fingerprint density at radius 3 is 2.42 bits per heavy atom. The van der Waals surface area contributed by atoms with Crippen molar-refractivity contribution in [1.29, 1.82) is 0 Å². The van der Waals surface area contributed by atoms with E-state index in [1.54, 1.807) is 0 Å². The van der Waals surface area contributed by atoms with Crippen LogP contribution in [0.25, 0.3) is 11.1 Å². The number of amides is 2. The minimum absolute atomic E-state index is 0.0147. The Balaban J connectivity index is 1.26. The number of carbonyl (C=O) groups excluding carboxylic acids is 2. The van der Waals surface area contributed by atoms with E-state index in [9.17, 15) is 14.7 Å². The molecule has 278 valence electrons. The molecule has 3 N–H and O–H groups in total. The Kier molecular flexibility index (Phi) is 12.5. The van der Waals surface area contributed by atoms with Crippen molar-refractivity contribution in [3.05, 3.63) is 108 Å². The third kappa shape index (κ3) is 9.69. The lowest BCUT2D eigenvalue weighted by Gasteiger charge is -2.50. The number of rotatable bonds is 11. The molecule has 0 aromatic heterocycles. The number of piperidine rings is 1. The summed E-state index contributed by atoms with van der Waals surface area (Å²) in [7, 11) is 0. The Hall–Kier alpha value is -4.02. The number of likely N-dealkylation sites (tertiary alicyclic amines) is 1. The number of fused-ring (bicyclic) bond motifs is 1. The van der Waals surface area contributed by atoms with Gasteiger partial charge >= 0.3 is 6.09 Å². The molecule has 2 aliphatic heterocycles. The molecule has 3 fully saturated rings. The van der Waals surface area contributed by atoms with Gasteiger partial charge in [-0.15, -0.1) is 0 Å². The number of carbonyl (C=O) groups is 2. The van der Waals surface area contributed by atoms with Crippen LogP contribution in [0.4, 0.5) is 4.79 Å². The molecule has 2 amide bonds. The summed E-state index contributed by atoms with van der Waals surface area (Å²) in [6, 6.07) is 24.4. The second-order valence-electron chi connectivity index (χ2n) is 15.6. The molecule has 6 rings (SSSR count). The molecule has 3 aromatic carbocycles. The first kappa shape index (κ1) is 37.7. The van der Waals surface area contributed by atoms with Crippen LogP contribution in [-0.4, -0.2) is 58.9 Å². The number of nitrogens with one attached hydrogen (secondary N) is 2. The van der Waals surface area contributed by atoms with Gasteiger partial charge in [0.05, 0.1) is 24.9 Å². The van der Waals surface area contributed by atoms with Crippen molar-refractivity contribution in [2.45, 2.75) is 115 Å². The monoisotopic (exact) mass is 709 g/mol. The van der Waals surface area contributed by atoms with Crippen LogP contribution in [0.1, 0.15) is 100 Å². The Morgan fingerprint density at radius 2 is 1.67 bits per heavy atom. The highest BCUT2D eigenvalue weighted by molar-refractivity contribution is 5.82. The molecule has 2 heterocycles. The van der Waals surface area contributed by atoms with E-state index in [1.807, 2.05) is 69.3 Å².